The van der Waals surface area contributed by atoms with Crippen LogP contribution in [0.5, 0.6) is 0 Å². The molecule has 0 spiro atoms. The van der Waals surface area contributed by atoms with Crippen LogP contribution < -0.4 is 0 Å². The minimum Gasteiger partial charge on any atom is -0.466 e. The molecule has 1 aliphatic rings. The molecule has 0 amide bonds. The molecule has 0 radical (unpaired) electrons. The average Bonchev–Trinajstić information content (AvgIpc) is 2.23. The van der Waals surface area contributed by atoms with Gasteiger partial charge < -0.3 is 9.47 Å². The van der Waals surface area contributed by atoms with Crippen molar-refractivity contribution in [3.05, 3.63) is 0 Å². The van der Waals surface area contributed by atoms with Gasteiger partial charge in [-0.1, -0.05) is 12.8 Å². The van der Waals surface area contributed by atoms with Crippen molar-refractivity contribution in [2.24, 2.45) is 0 Å². The van der Waals surface area contributed by atoms with E-state index >= 15 is 0 Å². The van der Waals surface area contributed by atoms with Crippen LogP contribution in [0, 0.1) is 0 Å². The van der Waals surface area contributed by atoms with Gasteiger partial charge in [0.15, 0.2) is 0 Å². The summed E-state index contributed by atoms with van der Waals surface area (Å²) in [5.74, 6) is -0.277. The Morgan fingerprint density at radius 2 is 1.13 bits per heavy atom. The Morgan fingerprint density at radius 3 is 1.60 bits per heavy atom. The molecule has 1 heterocycles. The van der Waals surface area contributed by atoms with Gasteiger partial charge in [-0.3, -0.25) is 9.59 Å². The average molecular weight is 214 g/mol. The first-order chi connectivity index (χ1) is 7.29. The molecule has 0 aromatic heterocycles. The minimum atomic E-state index is -0.138. The number of hydrogen-bond donors (Lipinski definition) is 0. The standard InChI is InChI=1S/C11H18O4/c12-10-6-3-1-2-4-7-11(13)15-9-5-8-14-10/h1-9H2. The van der Waals surface area contributed by atoms with E-state index < -0.39 is 0 Å². The summed E-state index contributed by atoms with van der Waals surface area (Å²) in [6.07, 6.45) is 5.24. The topological polar surface area (TPSA) is 52.6 Å². The molecular formula is C11H18O4. The van der Waals surface area contributed by atoms with Crippen LogP contribution in [0.15, 0.2) is 0 Å². The first-order valence-electron chi connectivity index (χ1n) is 5.60. The van der Waals surface area contributed by atoms with Crippen molar-refractivity contribution < 1.29 is 19.1 Å². The van der Waals surface area contributed by atoms with E-state index in [4.69, 9.17) is 9.47 Å². The Balaban J connectivity index is 2.26. The Labute approximate surface area is 89.9 Å². The van der Waals surface area contributed by atoms with E-state index in [1.807, 2.05) is 0 Å². The SMILES string of the molecule is O=C1CCCCCCC(=O)OCCCO1. The fourth-order valence-electron chi connectivity index (χ4n) is 1.47. The van der Waals surface area contributed by atoms with Crippen molar-refractivity contribution in [1.29, 1.82) is 0 Å². The van der Waals surface area contributed by atoms with E-state index in [0.29, 0.717) is 32.5 Å². The molecule has 0 N–H and O–H groups in total. The summed E-state index contributed by atoms with van der Waals surface area (Å²) >= 11 is 0. The van der Waals surface area contributed by atoms with E-state index in [-0.39, 0.29) is 11.9 Å². The van der Waals surface area contributed by atoms with Gasteiger partial charge in [-0.2, -0.15) is 0 Å². The first kappa shape index (κ1) is 12.0. The first-order valence-corrected chi connectivity index (χ1v) is 5.60. The van der Waals surface area contributed by atoms with Crippen LogP contribution in [-0.4, -0.2) is 25.2 Å². The number of ether oxygens (including phenoxy) is 2. The Morgan fingerprint density at radius 1 is 0.667 bits per heavy atom. The molecule has 0 saturated carbocycles. The summed E-state index contributed by atoms with van der Waals surface area (Å²) in [4.78, 5) is 22.2. The van der Waals surface area contributed by atoms with Crippen molar-refractivity contribution in [2.75, 3.05) is 13.2 Å². The highest BCUT2D eigenvalue weighted by Crippen LogP contribution is 2.08. The molecule has 0 aromatic carbocycles. The number of rotatable bonds is 0. The molecule has 1 aliphatic heterocycles. The van der Waals surface area contributed by atoms with Crippen molar-refractivity contribution in [2.45, 2.75) is 44.9 Å². The fourth-order valence-corrected chi connectivity index (χ4v) is 1.47. The second kappa shape index (κ2) is 7.26. The summed E-state index contributed by atoms with van der Waals surface area (Å²) < 4.78 is 9.92. The second-order valence-corrected chi connectivity index (χ2v) is 3.71. The Kier molecular flexibility index (Phi) is 5.81. The van der Waals surface area contributed by atoms with E-state index in [0.717, 1.165) is 25.7 Å². The van der Waals surface area contributed by atoms with Gasteiger partial charge in [0.2, 0.25) is 0 Å². The molecule has 4 nitrogen and oxygen atoms in total. The molecule has 0 atom stereocenters. The quantitative estimate of drug-likeness (QED) is 0.577. The van der Waals surface area contributed by atoms with E-state index in [2.05, 4.69) is 0 Å². The van der Waals surface area contributed by atoms with Gasteiger partial charge in [-0.15, -0.1) is 0 Å². The number of hydrogen-bond acceptors (Lipinski definition) is 4. The normalized spacial score (nSPS) is 21.6. The van der Waals surface area contributed by atoms with Crippen LogP contribution in [0.4, 0.5) is 0 Å². The molecule has 1 fully saturated rings. The molecule has 0 bridgehead atoms. The smallest absolute Gasteiger partial charge is 0.305 e. The minimum absolute atomic E-state index is 0.138. The maximum atomic E-state index is 11.1. The van der Waals surface area contributed by atoms with Crippen molar-refractivity contribution >= 4 is 11.9 Å². The van der Waals surface area contributed by atoms with Crippen LogP contribution in [0.2, 0.25) is 0 Å². The van der Waals surface area contributed by atoms with Gasteiger partial charge in [0, 0.05) is 19.3 Å². The lowest BCUT2D eigenvalue weighted by Gasteiger charge is -2.04. The largest absolute Gasteiger partial charge is 0.466 e. The number of carbonyl (C=O) groups excluding carboxylic acids is 2. The molecular weight excluding hydrogens is 196 g/mol. The van der Waals surface area contributed by atoms with Gasteiger partial charge in [-0.25, -0.2) is 0 Å². The number of carbonyl (C=O) groups is 2. The number of cyclic esters (lactones) is 2. The van der Waals surface area contributed by atoms with Crippen LogP contribution >= 0.6 is 0 Å². The van der Waals surface area contributed by atoms with Crippen LogP contribution in [0.25, 0.3) is 0 Å². The summed E-state index contributed by atoms with van der Waals surface area (Å²) in [5, 5.41) is 0. The zero-order valence-corrected chi connectivity index (χ0v) is 9.00. The zero-order chi connectivity index (χ0) is 10.9. The van der Waals surface area contributed by atoms with Gasteiger partial charge in [-0.05, 0) is 12.8 Å². The van der Waals surface area contributed by atoms with Crippen molar-refractivity contribution in [1.82, 2.24) is 0 Å². The lowest BCUT2D eigenvalue weighted by atomic mass is 10.1. The maximum absolute atomic E-state index is 11.1. The monoisotopic (exact) mass is 214 g/mol. The van der Waals surface area contributed by atoms with Crippen molar-refractivity contribution in [3.63, 3.8) is 0 Å². The molecule has 0 aromatic rings. The zero-order valence-electron chi connectivity index (χ0n) is 9.00. The van der Waals surface area contributed by atoms with Crippen molar-refractivity contribution in [3.8, 4) is 0 Å². The second-order valence-electron chi connectivity index (χ2n) is 3.71. The molecule has 15 heavy (non-hydrogen) atoms. The Hall–Kier alpha value is -1.06. The van der Waals surface area contributed by atoms with Gasteiger partial charge in [0.05, 0.1) is 13.2 Å². The molecule has 1 saturated heterocycles. The highest BCUT2D eigenvalue weighted by atomic mass is 16.5. The summed E-state index contributed by atoms with van der Waals surface area (Å²) in [5.41, 5.74) is 0. The highest BCUT2D eigenvalue weighted by molar-refractivity contribution is 5.69. The summed E-state index contributed by atoms with van der Waals surface area (Å²) in [6.45, 7) is 0.707. The summed E-state index contributed by atoms with van der Waals surface area (Å²) in [7, 11) is 0. The molecule has 86 valence electrons. The molecule has 0 aliphatic carbocycles. The number of esters is 2. The third-order valence-electron chi connectivity index (χ3n) is 2.33. The van der Waals surface area contributed by atoms with Crippen LogP contribution in [0.3, 0.4) is 0 Å². The van der Waals surface area contributed by atoms with E-state index in [9.17, 15) is 9.59 Å². The van der Waals surface area contributed by atoms with E-state index in [1.54, 1.807) is 0 Å². The van der Waals surface area contributed by atoms with Crippen LogP contribution in [-0.2, 0) is 19.1 Å². The predicted molar refractivity (Wildman–Crippen MR) is 54.2 cm³/mol. The van der Waals surface area contributed by atoms with Gasteiger partial charge in [0.1, 0.15) is 0 Å². The molecule has 0 unspecified atom stereocenters. The third kappa shape index (κ3) is 6.10. The van der Waals surface area contributed by atoms with E-state index in [1.165, 1.54) is 0 Å². The molecule has 1 rings (SSSR count). The maximum Gasteiger partial charge on any atom is 0.305 e. The Bertz CT molecular complexity index is 191. The third-order valence-corrected chi connectivity index (χ3v) is 2.33. The van der Waals surface area contributed by atoms with Gasteiger partial charge >= 0.3 is 11.9 Å². The lowest BCUT2D eigenvalue weighted by molar-refractivity contribution is -0.146. The highest BCUT2D eigenvalue weighted by Gasteiger charge is 2.06. The lowest BCUT2D eigenvalue weighted by Crippen LogP contribution is -2.09. The predicted octanol–water partition coefficient (Wildman–Crippen LogP) is 1.82. The van der Waals surface area contributed by atoms with Crippen LogP contribution in [0.1, 0.15) is 44.9 Å². The summed E-state index contributed by atoms with van der Waals surface area (Å²) in [6, 6.07) is 0. The molecule has 4 heteroatoms. The fraction of sp³-hybridized carbons (Fsp3) is 0.818. The van der Waals surface area contributed by atoms with Gasteiger partial charge in [0.25, 0.3) is 0 Å².